The molecule has 532 valence electrons. The van der Waals surface area contributed by atoms with Gasteiger partial charge in [-0.25, -0.2) is 0 Å². The number of likely N-dealkylation sites (tertiary alicyclic amines) is 1. The van der Waals surface area contributed by atoms with Crippen LogP contribution in [0, 0.1) is 53.3 Å². The van der Waals surface area contributed by atoms with E-state index in [1.54, 1.807) is 25.1 Å². The minimum absolute atomic E-state index is 0. The Labute approximate surface area is 556 Å². The van der Waals surface area contributed by atoms with Crippen LogP contribution in [-0.2, 0) is 40.1 Å². The molecule has 1 amide bonds. The van der Waals surface area contributed by atoms with Crippen molar-refractivity contribution in [2.45, 2.75) is 195 Å². The lowest BCUT2D eigenvalue weighted by molar-refractivity contribution is -0.140. The van der Waals surface area contributed by atoms with Crippen molar-refractivity contribution in [2.24, 2.45) is 81.9 Å². The zero-order valence-electron chi connectivity index (χ0n) is 61.6. The van der Waals surface area contributed by atoms with E-state index in [1.807, 2.05) is 77.8 Å². The number of nitrogens with one attached hydrogen (secondary N) is 2. The molecular formula is C73H148N10O7. The fourth-order valence-corrected chi connectivity index (χ4v) is 8.62. The number of carbonyl (C=O) groups is 6. The maximum absolute atomic E-state index is 14.2. The summed E-state index contributed by atoms with van der Waals surface area (Å²) in [5, 5.41) is 6.45. The van der Waals surface area contributed by atoms with Crippen LogP contribution >= 0.6 is 0 Å². The van der Waals surface area contributed by atoms with E-state index in [0.717, 1.165) is 68.1 Å². The zero-order chi connectivity index (χ0) is 72.5. The van der Waals surface area contributed by atoms with Crippen LogP contribution in [0.25, 0.3) is 0 Å². The van der Waals surface area contributed by atoms with Gasteiger partial charge in [0.2, 0.25) is 11.7 Å². The summed E-state index contributed by atoms with van der Waals surface area (Å²) in [4.78, 5) is 65.4. The van der Waals surface area contributed by atoms with Gasteiger partial charge in [0, 0.05) is 63.6 Å². The van der Waals surface area contributed by atoms with Gasteiger partial charge in [-0.1, -0.05) is 181 Å². The molecule has 1 aliphatic heterocycles. The Morgan fingerprint density at radius 3 is 1.53 bits per heavy atom. The van der Waals surface area contributed by atoms with Crippen LogP contribution in [0.1, 0.15) is 176 Å². The lowest BCUT2D eigenvalue weighted by atomic mass is 9.80. The maximum Gasteiger partial charge on any atom is 0.227 e. The summed E-state index contributed by atoms with van der Waals surface area (Å²) >= 11 is 0. The van der Waals surface area contributed by atoms with Crippen molar-refractivity contribution < 1.29 is 33.5 Å². The minimum Gasteiger partial charge on any atom is -0.475 e. The molecule has 1 aliphatic rings. The summed E-state index contributed by atoms with van der Waals surface area (Å²) in [6.07, 6.45) is 13.4. The normalized spacial score (nSPS) is 13.7. The topological polar surface area (TPSA) is 276 Å². The number of Topliss-reactive ketones (excluding diaryl/α,β-unsaturated/α-hetero) is 2. The summed E-state index contributed by atoms with van der Waals surface area (Å²) in [6, 6.07) is 9.05. The number of hydrogen-bond acceptors (Lipinski definition) is 16. The quantitative estimate of drug-likeness (QED) is 0.0170. The van der Waals surface area contributed by atoms with Crippen molar-refractivity contribution in [3.63, 3.8) is 0 Å². The molecule has 7 unspecified atom stereocenters. The van der Waals surface area contributed by atoms with Crippen LogP contribution in [-0.4, -0.2) is 146 Å². The highest BCUT2D eigenvalue weighted by molar-refractivity contribution is 6.37. The molecule has 1 aromatic rings. The number of benzene rings is 1. The molecule has 17 nitrogen and oxygen atoms in total. The van der Waals surface area contributed by atoms with E-state index in [9.17, 15) is 14.4 Å². The average molecular weight is 1280 g/mol. The van der Waals surface area contributed by atoms with Gasteiger partial charge in [0.25, 0.3) is 0 Å². The second kappa shape index (κ2) is 75.9. The summed E-state index contributed by atoms with van der Waals surface area (Å²) in [7, 11) is 10.4. The number of nitrogens with two attached hydrogens (primary N) is 5. The Morgan fingerprint density at radius 1 is 0.778 bits per heavy atom. The van der Waals surface area contributed by atoms with Crippen molar-refractivity contribution in [3.8, 4) is 0 Å². The van der Waals surface area contributed by atoms with Crippen LogP contribution < -0.4 is 39.3 Å². The number of amides is 1. The third-order valence-electron chi connectivity index (χ3n) is 13.8. The lowest BCUT2D eigenvalue weighted by Crippen LogP contribution is -2.50. The van der Waals surface area contributed by atoms with Gasteiger partial charge in [-0.05, 0) is 151 Å². The Hall–Kier alpha value is -5.56. The monoisotopic (exact) mass is 1280 g/mol. The standard InChI is InChI=1S/C38H66N4O2.C10H17N.C6H11NO2.C4H11N.C4H10.C3H9N.C2H4.2CH5N.3CH2O.CH4/c1-13-28(8)37(32(14-2)23-29(9)42-22-16-17-36(42)34(15-3)26(4)5)41(12)38(43)35(27(6)7)24-40-30(10)44-25-31-18-20-33(39-11)21-19-31;1-5-7-10(6-2)8(3)9(4)11;1-5(8)6(9)4-7(2)3;1-4(2)3-5;1-4(2)3;1-2-3-4;6*1-2;/h18-21,26-28,32,34-37,39-40H,9-10,13-17,22-25H2,1-8,11-12H3;5-9H,1-2,11H2,3-4H3;4H2,1-3H3;4H,3,5H2,1-2H3;4H,1-3H3;2-4H2,1H3;1-2H2;2*2H2,1H3;3*1H2;1H4/b;10-7+;;;;;;;;;;;/t28?,32?,34?,35-,36?,37?;;;;;;;;;;;;/m0............/s1. The SMILES string of the molecule is C.C=C.C=C(NC[C@H](C(=O)N(C)C(C(C)CC)C(CC)CC(=C)N1CCCC1C(CC)C(C)C)C(C)C)OCc1ccc(NC)cc1.C=C/C=C(\C=C)C(C)C(C)N.C=O.C=O.C=O.CC(=O)C(=O)CN(C)C.CC(C)C.CC(C)CN.CCCN.CN.CN. The van der Waals surface area contributed by atoms with Crippen LogP contribution in [0.3, 0.4) is 0 Å². The molecule has 0 radical (unpaired) electrons. The Morgan fingerprint density at radius 2 is 1.23 bits per heavy atom. The third-order valence-corrected chi connectivity index (χ3v) is 13.8. The van der Waals surface area contributed by atoms with Gasteiger partial charge in [0.05, 0.1) is 12.5 Å². The fraction of sp³-hybridized carbons (Fsp3) is 0.671. The van der Waals surface area contributed by atoms with Gasteiger partial charge in [-0.3, -0.25) is 14.4 Å². The van der Waals surface area contributed by atoms with Gasteiger partial charge in [-0.15, -0.1) is 13.2 Å². The molecule has 2 rings (SSSR count). The molecule has 90 heavy (non-hydrogen) atoms. The maximum atomic E-state index is 14.2. The third kappa shape index (κ3) is 58.8. The number of ketones is 2. The molecular weight excluding hydrogens is 1130 g/mol. The Bertz CT molecular complexity index is 1830. The van der Waals surface area contributed by atoms with Crippen molar-refractivity contribution in [3.05, 3.63) is 105 Å². The smallest absolute Gasteiger partial charge is 0.227 e. The summed E-state index contributed by atoms with van der Waals surface area (Å²) in [5.74, 6) is 3.96. The number of ether oxygens (including phenoxy) is 1. The van der Waals surface area contributed by atoms with Gasteiger partial charge < -0.3 is 73.1 Å². The van der Waals surface area contributed by atoms with E-state index in [4.69, 9.17) is 36.3 Å². The largest absolute Gasteiger partial charge is 0.475 e. The highest BCUT2D eigenvalue weighted by Gasteiger charge is 2.38. The molecule has 8 atom stereocenters. The fourth-order valence-electron chi connectivity index (χ4n) is 8.62. The zero-order valence-corrected chi connectivity index (χ0v) is 61.6. The number of nitrogens with zero attached hydrogens (tertiary/aromatic N) is 3. The van der Waals surface area contributed by atoms with Crippen LogP contribution in [0.4, 0.5) is 5.69 Å². The molecule has 1 saturated heterocycles. The van der Waals surface area contributed by atoms with Crippen molar-refractivity contribution in [1.29, 1.82) is 0 Å². The molecule has 0 saturated carbocycles. The second-order valence-corrected chi connectivity index (χ2v) is 23.0. The number of rotatable bonds is 29. The second-order valence-electron chi connectivity index (χ2n) is 23.0. The molecule has 0 bridgehead atoms. The summed E-state index contributed by atoms with van der Waals surface area (Å²) < 4.78 is 5.91. The van der Waals surface area contributed by atoms with Crippen molar-refractivity contribution >= 4 is 43.5 Å². The van der Waals surface area contributed by atoms with Gasteiger partial charge in [0.1, 0.15) is 27.0 Å². The highest BCUT2D eigenvalue weighted by atomic mass is 16.5. The van der Waals surface area contributed by atoms with Crippen molar-refractivity contribution in [2.75, 3.05) is 80.3 Å². The predicted octanol–water partition coefficient (Wildman–Crippen LogP) is 13.2. The summed E-state index contributed by atoms with van der Waals surface area (Å²) in [5.41, 5.74) is 29.5. The number of anilines is 1. The predicted molar refractivity (Wildman–Crippen MR) is 397 cm³/mol. The van der Waals surface area contributed by atoms with Gasteiger partial charge >= 0.3 is 0 Å². The number of allylic oxidation sites excluding steroid dienone is 4. The number of carbonyl (C=O) groups excluding carboxylic acids is 6. The molecule has 12 N–H and O–H groups in total. The van der Waals surface area contributed by atoms with Crippen LogP contribution in [0.5, 0.6) is 0 Å². The minimum atomic E-state index is -0.372. The Kier molecular flexibility index (Phi) is 91.9. The summed E-state index contributed by atoms with van der Waals surface area (Å²) in [6.45, 7) is 68.3. The highest BCUT2D eigenvalue weighted by Crippen LogP contribution is 2.37. The first-order valence-electron chi connectivity index (χ1n) is 31.8. The Balaban J connectivity index is -0.000000122. The van der Waals surface area contributed by atoms with Crippen LogP contribution in [0.15, 0.2) is 99.1 Å². The molecule has 1 aromatic carbocycles. The van der Waals surface area contributed by atoms with E-state index in [0.29, 0.717) is 60.6 Å². The van der Waals surface area contributed by atoms with Crippen molar-refractivity contribution in [1.82, 2.24) is 20.0 Å². The molecule has 0 aromatic heterocycles. The lowest BCUT2D eigenvalue weighted by Gasteiger charge is -2.42. The molecule has 1 heterocycles. The number of likely N-dealkylation sites (N-methyl/N-ethyl adjacent to an activating group) is 1. The first-order valence-corrected chi connectivity index (χ1v) is 31.8. The number of hydrogen-bond donors (Lipinski definition) is 7. The van der Waals surface area contributed by atoms with Gasteiger partial charge in [-0.2, -0.15) is 0 Å². The first-order chi connectivity index (χ1) is 42.0. The van der Waals surface area contributed by atoms with E-state index in [1.165, 1.54) is 46.0 Å². The van der Waals surface area contributed by atoms with E-state index < -0.39 is 0 Å². The van der Waals surface area contributed by atoms with E-state index >= 15 is 0 Å². The van der Waals surface area contributed by atoms with E-state index in [-0.39, 0.29) is 55.4 Å². The molecule has 1 fully saturated rings. The van der Waals surface area contributed by atoms with Crippen LogP contribution in [0.2, 0.25) is 0 Å². The molecule has 0 spiro atoms. The molecule has 17 heteroatoms. The van der Waals surface area contributed by atoms with E-state index in [2.05, 4.69) is 175 Å². The average Bonchev–Trinajstić information content (AvgIpc) is 4.22. The van der Waals surface area contributed by atoms with Gasteiger partial charge in [0.15, 0.2) is 11.7 Å². The molecule has 0 aliphatic carbocycles. The first kappa shape index (κ1) is 109.